The molecule has 0 fully saturated rings. The molecule has 1 unspecified atom stereocenters. The summed E-state index contributed by atoms with van der Waals surface area (Å²) in [4.78, 5) is 0. The second kappa shape index (κ2) is 7.82. The van der Waals surface area contributed by atoms with Crippen LogP contribution in [0.2, 0.25) is 6.04 Å². The Labute approximate surface area is 93.5 Å². The number of nitrogens with zero attached hydrogens (tertiary/aromatic N) is 1. The molecule has 0 rings (SSSR count). The summed E-state index contributed by atoms with van der Waals surface area (Å²) in [5.41, 5.74) is 0. The Hall–Kier alpha value is -0.413. The monoisotopic (exact) mass is 231 g/mol. The number of nitriles is 1. The van der Waals surface area contributed by atoms with Crippen LogP contribution >= 0.6 is 0 Å². The summed E-state index contributed by atoms with van der Waals surface area (Å²) in [6, 6.07) is 3.04. The maximum Gasteiger partial charge on any atom is 0.500 e. The summed E-state index contributed by atoms with van der Waals surface area (Å²) in [5.74, 6) is 0.133. The zero-order valence-corrected chi connectivity index (χ0v) is 11.1. The van der Waals surface area contributed by atoms with E-state index in [0.29, 0.717) is 0 Å². The summed E-state index contributed by atoms with van der Waals surface area (Å²) >= 11 is 0. The lowest BCUT2D eigenvalue weighted by Gasteiger charge is -2.24. The molecule has 1 atom stereocenters. The molecule has 0 heterocycles. The third-order valence-corrected chi connectivity index (χ3v) is 5.36. The third-order valence-electron chi connectivity index (χ3n) is 2.52. The lowest BCUT2D eigenvalue weighted by Crippen LogP contribution is -2.42. The fourth-order valence-electron chi connectivity index (χ4n) is 1.41. The van der Waals surface area contributed by atoms with Crippen LogP contribution in [0.4, 0.5) is 0 Å². The Morgan fingerprint density at radius 2 is 1.67 bits per heavy atom. The van der Waals surface area contributed by atoms with Crippen molar-refractivity contribution < 1.29 is 13.3 Å². The largest absolute Gasteiger partial charge is 0.500 e. The molecule has 0 aromatic carbocycles. The molecule has 0 aromatic rings. The summed E-state index contributed by atoms with van der Waals surface area (Å²) < 4.78 is 15.9. The van der Waals surface area contributed by atoms with Gasteiger partial charge in [-0.05, 0) is 19.8 Å². The predicted octanol–water partition coefficient (Wildman–Crippen LogP) is 2.19. The van der Waals surface area contributed by atoms with Crippen LogP contribution in [0.25, 0.3) is 0 Å². The highest BCUT2D eigenvalue weighted by molar-refractivity contribution is 6.60. The van der Waals surface area contributed by atoms with Crippen molar-refractivity contribution in [3.8, 4) is 6.07 Å². The number of hydrogen-bond acceptors (Lipinski definition) is 4. The van der Waals surface area contributed by atoms with Crippen molar-refractivity contribution >= 4 is 8.80 Å². The molecule has 0 bridgehead atoms. The highest BCUT2D eigenvalue weighted by Gasteiger charge is 2.36. The summed E-state index contributed by atoms with van der Waals surface area (Å²) in [7, 11) is 2.48. The molecule has 4 nitrogen and oxygen atoms in total. The second-order valence-corrected chi connectivity index (χ2v) is 6.66. The lowest BCUT2D eigenvalue weighted by atomic mass is 10.1. The highest BCUT2D eigenvalue weighted by Crippen LogP contribution is 2.18. The van der Waals surface area contributed by atoms with E-state index in [4.69, 9.17) is 18.5 Å². The molecule has 0 amide bonds. The van der Waals surface area contributed by atoms with Gasteiger partial charge in [-0.3, -0.25) is 0 Å². The van der Waals surface area contributed by atoms with Crippen molar-refractivity contribution in [1.29, 1.82) is 5.26 Å². The molecule has 0 spiro atoms. The van der Waals surface area contributed by atoms with Crippen molar-refractivity contribution in [3.05, 3.63) is 0 Å². The van der Waals surface area contributed by atoms with Gasteiger partial charge in [0.25, 0.3) is 0 Å². The minimum Gasteiger partial charge on any atom is -0.377 e. The third kappa shape index (κ3) is 5.28. The van der Waals surface area contributed by atoms with Crippen molar-refractivity contribution in [2.24, 2.45) is 5.92 Å². The van der Waals surface area contributed by atoms with Crippen LogP contribution < -0.4 is 0 Å². The SMILES string of the molecule is CO[Si](CCCCC(C)C#N)(OC)OC. The molecule has 15 heavy (non-hydrogen) atoms. The first kappa shape index (κ1) is 14.6. The van der Waals surface area contributed by atoms with E-state index in [1.165, 1.54) is 0 Å². The number of rotatable bonds is 8. The first-order chi connectivity index (χ1) is 7.14. The second-order valence-electron chi connectivity index (χ2n) is 3.57. The Morgan fingerprint density at radius 1 is 1.13 bits per heavy atom. The van der Waals surface area contributed by atoms with Gasteiger partial charge < -0.3 is 13.3 Å². The number of hydrogen-bond donors (Lipinski definition) is 0. The predicted molar refractivity (Wildman–Crippen MR) is 60.2 cm³/mol. The topological polar surface area (TPSA) is 51.5 Å². The molecule has 0 radical (unpaired) electrons. The van der Waals surface area contributed by atoms with E-state index in [1.54, 1.807) is 21.3 Å². The van der Waals surface area contributed by atoms with Gasteiger partial charge in [0.1, 0.15) is 0 Å². The first-order valence-corrected chi connectivity index (χ1v) is 7.12. The molecule has 5 heteroatoms. The maximum absolute atomic E-state index is 8.62. The lowest BCUT2D eigenvalue weighted by molar-refractivity contribution is 0.122. The molecule has 0 saturated heterocycles. The van der Waals surface area contributed by atoms with Crippen LogP contribution in [0.5, 0.6) is 0 Å². The van der Waals surface area contributed by atoms with Gasteiger partial charge in [-0.25, -0.2) is 0 Å². The maximum atomic E-state index is 8.62. The van der Waals surface area contributed by atoms with Gasteiger partial charge in [-0.1, -0.05) is 6.42 Å². The van der Waals surface area contributed by atoms with Crippen LogP contribution in [-0.4, -0.2) is 30.1 Å². The summed E-state index contributed by atoms with van der Waals surface area (Å²) in [6.45, 7) is 1.94. The average Bonchev–Trinajstić information content (AvgIpc) is 2.30. The highest BCUT2D eigenvalue weighted by atomic mass is 28.4. The van der Waals surface area contributed by atoms with Crippen molar-refractivity contribution in [3.63, 3.8) is 0 Å². The van der Waals surface area contributed by atoms with E-state index in [0.717, 1.165) is 25.3 Å². The van der Waals surface area contributed by atoms with E-state index in [2.05, 4.69) is 6.07 Å². The van der Waals surface area contributed by atoms with Crippen molar-refractivity contribution in [1.82, 2.24) is 0 Å². The molecule has 0 aromatic heterocycles. The molecule has 88 valence electrons. The quantitative estimate of drug-likeness (QED) is 0.474. The number of unbranched alkanes of at least 4 members (excludes halogenated alkanes) is 1. The van der Waals surface area contributed by atoms with E-state index >= 15 is 0 Å². The van der Waals surface area contributed by atoms with Gasteiger partial charge in [-0.2, -0.15) is 5.26 Å². The van der Waals surface area contributed by atoms with E-state index in [9.17, 15) is 0 Å². The summed E-state index contributed by atoms with van der Waals surface area (Å²) in [6.07, 6.45) is 2.92. The molecule has 0 saturated carbocycles. The first-order valence-electron chi connectivity index (χ1n) is 5.19. The Morgan fingerprint density at radius 3 is 2.07 bits per heavy atom. The van der Waals surface area contributed by atoms with Gasteiger partial charge in [0.15, 0.2) is 0 Å². The van der Waals surface area contributed by atoms with Gasteiger partial charge in [-0.15, -0.1) is 0 Å². The zero-order chi connectivity index (χ0) is 11.7. The fraction of sp³-hybridized carbons (Fsp3) is 0.900. The average molecular weight is 231 g/mol. The molecule has 0 aliphatic carbocycles. The molecule has 0 aliphatic heterocycles. The van der Waals surface area contributed by atoms with Crippen molar-refractivity contribution in [2.75, 3.05) is 21.3 Å². The Bertz CT molecular complexity index is 193. The van der Waals surface area contributed by atoms with Gasteiger partial charge >= 0.3 is 8.80 Å². The smallest absolute Gasteiger partial charge is 0.377 e. The van der Waals surface area contributed by atoms with E-state index in [1.807, 2.05) is 6.92 Å². The van der Waals surface area contributed by atoms with Gasteiger partial charge in [0, 0.05) is 33.3 Å². The minimum atomic E-state index is -2.38. The van der Waals surface area contributed by atoms with Crippen LogP contribution in [0, 0.1) is 17.2 Å². The molecule has 0 N–H and O–H groups in total. The van der Waals surface area contributed by atoms with Crippen LogP contribution in [-0.2, 0) is 13.3 Å². The Balaban J connectivity index is 3.78. The van der Waals surface area contributed by atoms with E-state index < -0.39 is 8.80 Å². The van der Waals surface area contributed by atoms with Crippen molar-refractivity contribution in [2.45, 2.75) is 32.2 Å². The zero-order valence-electron chi connectivity index (χ0n) is 10.1. The normalized spacial score (nSPS) is 13.5. The standard InChI is InChI=1S/C10H21NO3Si/c1-10(9-11)7-5-6-8-15(12-2,13-3)14-4/h10H,5-8H2,1-4H3. The van der Waals surface area contributed by atoms with Crippen LogP contribution in [0.15, 0.2) is 0 Å². The van der Waals surface area contributed by atoms with Crippen LogP contribution in [0.1, 0.15) is 26.2 Å². The fourth-order valence-corrected chi connectivity index (χ4v) is 3.21. The van der Waals surface area contributed by atoms with E-state index in [-0.39, 0.29) is 5.92 Å². The van der Waals surface area contributed by atoms with Crippen LogP contribution in [0.3, 0.4) is 0 Å². The van der Waals surface area contributed by atoms with Gasteiger partial charge in [0.05, 0.1) is 6.07 Å². The minimum absolute atomic E-state index is 0.133. The molecular weight excluding hydrogens is 210 g/mol. The summed E-state index contributed by atoms with van der Waals surface area (Å²) in [5, 5.41) is 8.62. The molecular formula is C10H21NO3Si. The molecule has 0 aliphatic rings. The van der Waals surface area contributed by atoms with Gasteiger partial charge in [0.2, 0.25) is 0 Å². The Kier molecular flexibility index (Phi) is 7.61.